The molecule has 5 heteroatoms. The molecule has 1 atom stereocenters. The van der Waals surface area contributed by atoms with E-state index in [9.17, 15) is 5.11 Å². The summed E-state index contributed by atoms with van der Waals surface area (Å²) < 4.78 is 0. The highest BCUT2D eigenvalue weighted by molar-refractivity contribution is 4.96. The Bertz CT molecular complexity index is 265. The molecule has 0 fully saturated rings. The van der Waals surface area contributed by atoms with Gasteiger partial charge < -0.3 is 15.3 Å². The standard InChI is InChI=1S/C10H18N4O/c1-14(2)7-10(15)6-12-5-9-3-4-11-8-13-9/h3-4,8,10,12,15H,5-7H2,1-2H3. The van der Waals surface area contributed by atoms with Gasteiger partial charge in [-0.1, -0.05) is 0 Å². The van der Waals surface area contributed by atoms with Crippen LogP contribution in [0.15, 0.2) is 18.6 Å². The van der Waals surface area contributed by atoms with Gasteiger partial charge in [-0.15, -0.1) is 0 Å². The summed E-state index contributed by atoms with van der Waals surface area (Å²) in [5.41, 5.74) is 0.932. The molecule has 0 saturated carbocycles. The number of aromatic nitrogens is 2. The first-order valence-corrected chi connectivity index (χ1v) is 4.97. The van der Waals surface area contributed by atoms with Crippen molar-refractivity contribution in [3.8, 4) is 0 Å². The summed E-state index contributed by atoms with van der Waals surface area (Å²) in [6, 6.07) is 1.85. The predicted molar refractivity (Wildman–Crippen MR) is 58.3 cm³/mol. The number of hydrogen-bond donors (Lipinski definition) is 2. The maximum absolute atomic E-state index is 9.56. The van der Waals surface area contributed by atoms with Gasteiger partial charge in [0, 0.05) is 25.8 Å². The number of aliphatic hydroxyl groups excluding tert-OH is 1. The minimum absolute atomic E-state index is 0.346. The molecular formula is C10H18N4O. The average molecular weight is 210 g/mol. The molecule has 0 bridgehead atoms. The van der Waals surface area contributed by atoms with Gasteiger partial charge in [0.25, 0.3) is 0 Å². The quantitative estimate of drug-likeness (QED) is 0.662. The molecule has 2 N–H and O–H groups in total. The second kappa shape index (κ2) is 6.44. The van der Waals surface area contributed by atoms with Crippen LogP contribution in [0.2, 0.25) is 0 Å². The van der Waals surface area contributed by atoms with Crippen molar-refractivity contribution in [1.82, 2.24) is 20.2 Å². The van der Waals surface area contributed by atoms with Crippen molar-refractivity contribution in [3.05, 3.63) is 24.3 Å². The second-order valence-electron chi connectivity index (χ2n) is 3.75. The first-order chi connectivity index (χ1) is 7.18. The normalized spacial score (nSPS) is 13.1. The minimum atomic E-state index is -0.346. The van der Waals surface area contributed by atoms with E-state index in [-0.39, 0.29) is 6.10 Å². The van der Waals surface area contributed by atoms with Crippen molar-refractivity contribution in [2.75, 3.05) is 27.2 Å². The van der Waals surface area contributed by atoms with Crippen molar-refractivity contribution in [2.45, 2.75) is 12.6 Å². The molecule has 1 aromatic rings. The number of likely N-dealkylation sites (N-methyl/N-ethyl adjacent to an activating group) is 1. The van der Waals surface area contributed by atoms with Crippen LogP contribution >= 0.6 is 0 Å². The molecule has 1 rings (SSSR count). The molecule has 0 aliphatic heterocycles. The Kier molecular flexibility index (Phi) is 5.17. The molecule has 0 aromatic carbocycles. The summed E-state index contributed by atoms with van der Waals surface area (Å²) in [4.78, 5) is 9.86. The lowest BCUT2D eigenvalue weighted by atomic mass is 10.3. The van der Waals surface area contributed by atoms with Crippen molar-refractivity contribution < 1.29 is 5.11 Å². The summed E-state index contributed by atoms with van der Waals surface area (Å²) in [6.07, 6.45) is 2.88. The van der Waals surface area contributed by atoms with E-state index in [0.29, 0.717) is 19.6 Å². The lowest BCUT2D eigenvalue weighted by Crippen LogP contribution is -2.34. The maximum Gasteiger partial charge on any atom is 0.115 e. The molecule has 15 heavy (non-hydrogen) atoms. The third-order valence-electron chi connectivity index (χ3n) is 1.91. The molecule has 0 aliphatic carbocycles. The van der Waals surface area contributed by atoms with Crippen LogP contribution in [0, 0.1) is 0 Å². The van der Waals surface area contributed by atoms with Crippen molar-refractivity contribution in [3.63, 3.8) is 0 Å². The monoisotopic (exact) mass is 210 g/mol. The van der Waals surface area contributed by atoms with Crippen LogP contribution in [0.5, 0.6) is 0 Å². The maximum atomic E-state index is 9.56. The molecular weight excluding hydrogens is 192 g/mol. The Labute approximate surface area is 90.2 Å². The topological polar surface area (TPSA) is 61.3 Å². The Hall–Kier alpha value is -1.04. The minimum Gasteiger partial charge on any atom is -0.390 e. The zero-order valence-corrected chi connectivity index (χ0v) is 9.22. The molecule has 84 valence electrons. The van der Waals surface area contributed by atoms with E-state index in [1.807, 2.05) is 25.1 Å². The van der Waals surface area contributed by atoms with Crippen molar-refractivity contribution >= 4 is 0 Å². The van der Waals surface area contributed by atoms with E-state index in [1.165, 1.54) is 6.33 Å². The van der Waals surface area contributed by atoms with E-state index in [1.54, 1.807) is 6.20 Å². The number of nitrogens with zero attached hydrogens (tertiary/aromatic N) is 3. The van der Waals surface area contributed by atoms with Gasteiger partial charge in [-0.3, -0.25) is 0 Å². The molecule has 0 radical (unpaired) electrons. The van der Waals surface area contributed by atoms with Crippen LogP contribution in [0.3, 0.4) is 0 Å². The predicted octanol–water partition coefficient (Wildman–Crippen LogP) is -0.511. The van der Waals surface area contributed by atoms with Crippen LogP contribution in [0.1, 0.15) is 5.69 Å². The number of rotatable bonds is 6. The summed E-state index contributed by atoms with van der Waals surface area (Å²) in [7, 11) is 3.88. The van der Waals surface area contributed by atoms with Gasteiger partial charge in [0.1, 0.15) is 6.33 Å². The van der Waals surface area contributed by atoms with Crippen LogP contribution in [0.25, 0.3) is 0 Å². The van der Waals surface area contributed by atoms with E-state index < -0.39 is 0 Å². The molecule has 0 saturated heterocycles. The zero-order valence-electron chi connectivity index (χ0n) is 9.22. The highest BCUT2D eigenvalue weighted by atomic mass is 16.3. The smallest absolute Gasteiger partial charge is 0.115 e. The van der Waals surface area contributed by atoms with Crippen molar-refractivity contribution in [2.24, 2.45) is 0 Å². The Morgan fingerprint density at radius 1 is 1.53 bits per heavy atom. The molecule has 0 spiro atoms. The lowest BCUT2D eigenvalue weighted by Gasteiger charge is -2.16. The van der Waals surface area contributed by atoms with Crippen LogP contribution in [-0.2, 0) is 6.54 Å². The Morgan fingerprint density at radius 2 is 2.33 bits per heavy atom. The molecule has 5 nitrogen and oxygen atoms in total. The van der Waals surface area contributed by atoms with Gasteiger partial charge in [-0.05, 0) is 20.2 Å². The summed E-state index contributed by atoms with van der Waals surface area (Å²) >= 11 is 0. The average Bonchev–Trinajstić information content (AvgIpc) is 2.18. The largest absolute Gasteiger partial charge is 0.390 e. The highest BCUT2D eigenvalue weighted by Crippen LogP contribution is 1.90. The summed E-state index contributed by atoms with van der Waals surface area (Å²) in [6.45, 7) is 1.89. The third-order valence-corrected chi connectivity index (χ3v) is 1.91. The first kappa shape index (κ1) is 12.0. The Balaban J connectivity index is 2.16. The second-order valence-corrected chi connectivity index (χ2v) is 3.75. The number of aliphatic hydroxyl groups is 1. The first-order valence-electron chi connectivity index (χ1n) is 4.97. The zero-order chi connectivity index (χ0) is 11.1. The van der Waals surface area contributed by atoms with E-state index >= 15 is 0 Å². The number of hydrogen-bond acceptors (Lipinski definition) is 5. The fraction of sp³-hybridized carbons (Fsp3) is 0.600. The van der Waals surface area contributed by atoms with Gasteiger partial charge in [0.15, 0.2) is 0 Å². The lowest BCUT2D eigenvalue weighted by molar-refractivity contribution is 0.134. The molecule has 1 unspecified atom stereocenters. The Morgan fingerprint density at radius 3 is 2.93 bits per heavy atom. The van der Waals surface area contributed by atoms with Gasteiger partial charge in [-0.25, -0.2) is 9.97 Å². The van der Waals surface area contributed by atoms with Crippen LogP contribution in [-0.4, -0.2) is 53.3 Å². The van der Waals surface area contributed by atoms with E-state index in [0.717, 1.165) is 5.69 Å². The SMILES string of the molecule is CN(C)CC(O)CNCc1ccncn1. The third kappa shape index (κ3) is 5.41. The fourth-order valence-corrected chi connectivity index (χ4v) is 1.28. The van der Waals surface area contributed by atoms with E-state index in [2.05, 4.69) is 15.3 Å². The fourth-order valence-electron chi connectivity index (χ4n) is 1.28. The molecule has 0 aliphatic rings. The van der Waals surface area contributed by atoms with Gasteiger partial charge >= 0.3 is 0 Å². The highest BCUT2D eigenvalue weighted by Gasteiger charge is 2.04. The van der Waals surface area contributed by atoms with Gasteiger partial charge in [0.2, 0.25) is 0 Å². The summed E-state index contributed by atoms with van der Waals surface area (Å²) in [5.74, 6) is 0. The van der Waals surface area contributed by atoms with Crippen LogP contribution in [0.4, 0.5) is 0 Å². The summed E-state index contributed by atoms with van der Waals surface area (Å²) in [5, 5.41) is 12.7. The van der Waals surface area contributed by atoms with Crippen molar-refractivity contribution in [1.29, 1.82) is 0 Å². The number of nitrogens with one attached hydrogen (secondary N) is 1. The molecule has 1 aromatic heterocycles. The van der Waals surface area contributed by atoms with Gasteiger partial charge in [-0.2, -0.15) is 0 Å². The van der Waals surface area contributed by atoms with Gasteiger partial charge in [0.05, 0.1) is 11.8 Å². The van der Waals surface area contributed by atoms with E-state index in [4.69, 9.17) is 0 Å². The van der Waals surface area contributed by atoms with Crippen LogP contribution < -0.4 is 5.32 Å². The molecule has 0 amide bonds. The molecule has 1 heterocycles.